The van der Waals surface area contributed by atoms with Gasteiger partial charge in [0.2, 0.25) is 0 Å². The van der Waals surface area contributed by atoms with Gasteiger partial charge in [-0.3, -0.25) is 4.90 Å². The summed E-state index contributed by atoms with van der Waals surface area (Å²) < 4.78 is 32.9. The lowest BCUT2D eigenvalue weighted by atomic mass is 10.1. The molecule has 6 heteroatoms. The molecule has 1 aliphatic heterocycles. The number of piperazine rings is 1. The van der Waals surface area contributed by atoms with Crippen molar-refractivity contribution in [2.24, 2.45) is 0 Å². The number of nitrogens with zero attached hydrogens (tertiary/aromatic N) is 2. The lowest BCUT2D eigenvalue weighted by Crippen LogP contribution is -2.46. The first-order chi connectivity index (χ1) is 15.1. The highest BCUT2D eigenvalue weighted by Gasteiger charge is 2.20. The van der Waals surface area contributed by atoms with Gasteiger partial charge < -0.3 is 9.64 Å². The summed E-state index contributed by atoms with van der Waals surface area (Å²) in [6, 6.07) is 21.2. The van der Waals surface area contributed by atoms with Crippen molar-refractivity contribution in [3.05, 3.63) is 95.0 Å². The first kappa shape index (κ1) is 21.6. The smallest absolute Gasteiger partial charge is 0.142 e. The monoisotopic (exact) mass is 442 g/mol. The molecule has 1 heterocycles. The SMILES string of the molecule is Fc1ccc(N2CCN(CCC(Oc3ccc(F)c(Cl)c3)c3ccccc3)CC2)cc1. The van der Waals surface area contributed by atoms with Gasteiger partial charge in [-0.05, 0) is 42.0 Å². The zero-order chi connectivity index (χ0) is 21.6. The van der Waals surface area contributed by atoms with Crippen molar-refractivity contribution in [3.63, 3.8) is 0 Å². The van der Waals surface area contributed by atoms with Gasteiger partial charge in [0.05, 0.1) is 5.02 Å². The summed E-state index contributed by atoms with van der Waals surface area (Å²) in [6.45, 7) is 4.54. The van der Waals surface area contributed by atoms with Crippen molar-refractivity contribution in [2.45, 2.75) is 12.5 Å². The molecule has 1 atom stereocenters. The highest BCUT2D eigenvalue weighted by molar-refractivity contribution is 6.30. The lowest BCUT2D eigenvalue weighted by Gasteiger charge is -2.36. The molecule has 3 aromatic rings. The third kappa shape index (κ3) is 5.75. The molecule has 31 heavy (non-hydrogen) atoms. The molecule has 0 aromatic heterocycles. The Labute approximate surface area is 186 Å². The second-order valence-electron chi connectivity index (χ2n) is 7.69. The molecule has 0 radical (unpaired) electrons. The summed E-state index contributed by atoms with van der Waals surface area (Å²) in [6.07, 6.45) is 0.646. The highest BCUT2D eigenvalue weighted by atomic mass is 35.5. The average molecular weight is 443 g/mol. The first-order valence-electron chi connectivity index (χ1n) is 10.5. The van der Waals surface area contributed by atoms with E-state index in [0.29, 0.717) is 5.75 Å². The van der Waals surface area contributed by atoms with Gasteiger partial charge in [0, 0.05) is 50.9 Å². The van der Waals surface area contributed by atoms with Crippen LogP contribution in [0.25, 0.3) is 0 Å². The quantitative estimate of drug-likeness (QED) is 0.449. The van der Waals surface area contributed by atoms with Crippen molar-refractivity contribution >= 4 is 17.3 Å². The molecule has 0 aliphatic carbocycles. The van der Waals surface area contributed by atoms with Gasteiger partial charge in [0.15, 0.2) is 0 Å². The summed E-state index contributed by atoms with van der Waals surface area (Å²) in [7, 11) is 0. The van der Waals surface area contributed by atoms with E-state index in [0.717, 1.165) is 50.4 Å². The van der Waals surface area contributed by atoms with Crippen LogP contribution in [-0.2, 0) is 0 Å². The van der Waals surface area contributed by atoms with Crippen molar-refractivity contribution in [1.29, 1.82) is 0 Å². The summed E-state index contributed by atoms with van der Waals surface area (Å²) >= 11 is 5.93. The van der Waals surface area contributed by atoms with E-state index in [9.17, 15) is 8.78 Å². The molecule has 0 spiro atoms. The third-order valence-electron chi connectivity index (χ3n) is 5.61. The molecule has 1 aliphatic rings. The van der Waals surface area contributed by atoms with Gasteiger partial charge in [-0.25, -0.2) is 8.78 Å². The van der Waals surface area contributed by atoms with E-state index < -0.39 is 5.82 Å². The Morgan fingerprint density at radius 3 is 2.26 bits per heavy atom. The van der Waals surface area contributed by atoms with Gasteiger partial charge in [-0.1, -0.05) is 41.9 Å². The average Bonchev–Trinajstić information content (AvgIpc) is 2.80. The Balaban J connectivity index is 1.36. The fourth-order valence-electron chi connectivity index (χ4n) is 3.86. The summed E-state index contributed by atoms with van der Waals surface area (Å²) in [4.78, 5) is 4.69. The maximum Gasteiger partial charge on any atom is 0.142 e. The maximum atomic E-state index is 13.5. The Hall–Kier alpha value is -2.63. The van der Waals surface area contributed by atoms with Gasteiger partial charge in [-0.2, -0.15) is 0 Å². The maximum absolute atomic E-state index is 13.5. The Bertz CT molecular complexity index is 977. The minimum absolute atomic E-state index is 0.0567. The zero-order valence-corrected chi connectivity index (χ0v) is 17.9. The van der Waals surface area contributed by atoms with Crippen LogP contribution < -0.4 is 9.64 Å². The van der Waals surface area contributed by atoms with Gasteiger partial charge >= 0.3 is 0 Å². The van der Waals surface area contributed by atoms with Crippen LogP contribution in [0.4, 0.5) is 14.5 Å². The first-order valence-corrected chi connectivity index (χ1v) is 10.9. The van der Waals surface area contributed by atoms with Crippen LogP contribution in [0, 0.1) is 11.6 Å². The minimum Gasteiger partial charge on any atom is -0.486 e. The molecular formula is C25H25ClF2N2O. The molecule has 1 saturated heterocycles. The standard InChI is InChI=1S/C25H25ClF2N2O/c26-23-18-22(10-11-24(23)28)31-25(19-4-2-1-3-5-19)12-13-29-14-16-30(17-15-29)21-8-6-20(27)7-9-21/h1-11,18,25H,12-17H2. The van der Waals surface area contributed by atoms with Crippen LogP contribution in [0.15, 0.2) is 72.8 Å². The molecule has 1 unspecified atom stereocenters. The molecule has 0 amide bonds. The summed E-state index contributed by atoms with van der Waals surface area (Å²) in [5.41, 5.74) is 2.13. The highest BCUT2D eigenvalue weighted by Crippen LogP contribution is 2.28. The predicted octanol–water partition coefficient (Wildman–Crippen LogP) is 5.95. The number of hydrogen-bond acceptors (Lipinski definition) is 3. The molecule has 0 N–H and O–H groups in total. The van der Waals surface area contributed by atoms with Crippen molar-refractivity contribution in [1.82, 2.24) is 4.90 Å². The fraction of sp³-hybridized carbons (Fsp3) is 0.280. The Morgan fingerprint density at radius 2 is 1.58 bits per heavy atom. The molecule has 4 rings (SSSR count). The van der Waals surface area contributed by atoms with Gasteiger partial charge in [0.1, 0.15) is 23.5 Å². The second kappa shape index (κ2) is 10.1. The number of rotatable bonds is 7. The largest absolute Gasteiger partial charge is 0.486 e. The van der Waals surface area contributed by atoms with Crippen LogP contribution in [0.3, 0.4) is 0 Å². The number of anilines is 1. The number of hydrogen-bond donors (Lipinski definition) is 0. The fourth-order valence-corrected chi connectivity index (χ4v) is 4.03. The lowest BCUT2D eigenvalue weighted by molar-refractivity contribution is 0.160. The van der Waals surface area contributed by atoms with Crippen LogP contribution in [0.2, 0.25) is 5.02 Å². The van der Waals surface area contributed by atoms with Crippen molar-refractivity contribution in [3.8, 4) is 5.75 Å². The van der Waals surface area contributed by atoms with E-state index in [1.54, 1.807) is 6.07 Å². The summed E-state index contributed by atoms with van der Waals surface area (Å²) in [5.74, 6) is -0.109. The zero-order valence-electron chi connectivity index (χ0n) is 17.2. The Kier molecular flexibility index (Phi) is 7.05. The molecule has 162 valence electrons. The van der Waals surface area contributed by atoms with Gasteiger partial charge in [-0.15, -0.1) is 0 Å². The predicted molar refractivity (Wildman–Crippen MR) is 121 cm³/mol. The molecule has 0 saturated carbocycles. The Morgan fingerprint density at radius 1 is 0.871 bits per heavy atom. The third-order valence-corrected chi connectivity index (χ3v) is 5.90. The summed E-state index contributed by atoms with van der Waals surface area (Å²) in [5, 5.41) is 0.0567. The normalized spacial score (nSPS) is 15.6. The molecular weight excluding hydrogens is 418 g/mol. The molecule has 1 fully saturated rings. The van der Waals surface area contributed by atoms with Gasteiger partial charge in [0.25, 0.3) is 0 Å². The van der Waals surface area contributed by atoms with Crippen molar-refractivity contribution in [2.75, 3.05) is 37.6 Å². The topological polar surface area (TPSA) is 15.7 Å². The van der Waals surface area contributed by atoms with E-state index in [4.69, 9.17) is 16.3 Å². The number of halogens is 3. The van der Waals surface area contributed by atoms with Crippen LogP contribution in [-0.4, -0.2) is 37.6 Å². The van der Waals surface area contributed by atoms with Crippen molar-refractivity contribution < 1.29 is 13.5 Å². The molecule has 3 aromatic carbocycles. The van der Waals surface area contributed by atoms with E-state index >= 15 is 0 Å². The second-order valence-corrected chi connectivity index (χ2v) is 8.09. The van der Waals surface area contributed by atoms with E-state index in [1.807, 2.05) is 42.5 Å². The van der Waals surface area contributed by atoms with Crippen LogP contribution in [0.5, 0.6) is 5.75 Å². The number of ether oxygens (including phenoxy) is 1. The van der Waals surface area contributed by atoms with Crippen LogP contribution in [0.1, 0.15) is 18.1 Å². The molecule has 0 bridgehead atoms. The minimum atomic E-state index is -0.454. The van der Waals surface area contributed by atoms with E-state index in [1.165, 1.54) is 24.3 Å². The number of benzene rings is 3. The molecule has 3 nitrogen and oxygen atoms in total. The van der Waals surface area contributed by atoms with E-state index in [2.05, 4.69) is 9.80 Å². The van der Waals surface area contributed by atoms with E-state index in [-0.39, 0.29) is 16.9 Å². The van der Waals surface area contributed by atoms with Crippen LogP contribution >= 0.6 is 11.6 Å².